The van der Waals surface area contributed by atoms with Crippen molar-refractivity contribution in [1.82, 2.24) is 0 Å². The number of carboxylic acid groups (broad SMARTS) is 1. The molecule has 156 valence electrons. The van der Waals surface area contributed by atoms with Crippen molar-refractivity contribution in [1.29, 1.82) is 0 Å². The van der Waals surface area contributed by atoms with E-state index in [9.17, 15) is 9.90 Å². The van der Waals surface area contributed by atoms with Gasteiger partial charge in [-0.15, -0.1) is 0 Å². The van der Waals surface area contributed by atoms with Gasteiger partial charge in [0.15, 0.2) is 6.10 Å². The van der Waals surface area contributed by atoms with Gasteiger partial charge in [-0.05, 0) is 29.9 Å². The van der Waals surface area contributed by atoms with Crippen LogP contribution in [0.5, 0.6) is 5.75 Å². The van der Waals surface area contributed by atoms with Crippen LogP contribution in [0.15, 0.2) is 17.3 Å². The van der Waals surface area contributed by atoms with Gasteiger partial charge in [0.25, 0.3) is 0 Å². The normalized spacial score (nSPS) is 18.5. The summed E-state index contributed by atoms with van der Waals surface area (Å²) in [6.45, 7) is 14.5. The fourth-order valence-electron chi connectivity index (χ4n) is 3.08. The first-order valence-corrected chi connectivity index (χ1v) is 9.72. The molecule has 1 aliphatic rings. The zero-order valence-electron chi connectivity index (χ0n) is 18.0. The number of ether oxygens (including phenoxy) is 1. The van der Waals surface area contributed by atoms with Crippen LogP contribution in [0.25, 0.3) is 0 Å². The van der Waals surface area contributed by atoms with Crippen LogP contribution < -0.4 is 0 Å². The van der Waals surface area contributed by atoms with Crippen LogP contribution in [0.3, 0.4) is 0 Å². The summed E-state index contributed by atoms with van der Waals surface area (Å²) in [5.74, 6) is -1.09. The topological polar surface area (TPSA) is 88.4 Å². The lowest BCUT2D eigenvalue weighted by Gasteiger charge is -2.28. The molecule has 1 heterocycles. The second-order valence-electron chi connectivity index (χ2n) is 9.67. The average molecular weight is 392 g/mol. The molecule has 0 amide bonds. The summed E-state index contributed by atoms with van der Waals surface area (Å²) < 4.78 is 5.48. The number of carbonyl (C=O) groups is 1. The fourth-order valence-corrected chi connectivity index (χ4v) is 3.08. The highest BCUT2D eigenvalue weighted by Crippen LogP contribution is 2.40. The third kappa shape index (κ3) is 5.25. The number of nitrogens with zero attached hydrogens (tertiary/aromatic N) is 1. The van der Waals surface area contributed by atoms with Crippen molar-refractivity contribution < 1.29 is 24.6 Å². The van der Waals surface area contributed by atoms with Crippen molar-refractivity contribution in [3.8, 4) is 5.75 Å². The van der Waals surface area contributed by atoms with Crippen LogP contribution in [0, 0.1) is 5.92 Å². The number of aliphatic carboxylic acids is 1. The molecule has 0 fully saturated rings. The summed E-state index contributed by atoms with van der Waals surface area (Å²) in [6, 6.07) is 3.98. The Balaban J connectivity index is 2.19. The molecule has 2 unspecified atom stereocenters. The fraction of sp³-hybridized carbons (Fsp3) is 0.636. The number of phenols is 1. The van der Waals surface area contributed by atoms with Crippen molar-refractivity contribution in [3.63, 3.8) is 0 Å². The Labute approximate surface area is 167 Å². The monoisotopic (exact) mass is 391 g/mol. The Kier molecular flexibility index (Phi) is 6.44. The number of aromatic hydroxyl groups is 1. The lowest BCUT2D eigenvalue weighted by Crippen LogP contribution is -2.22. The van der Waals surface area contributed by atoms with Crippen molar-refractivity contribution in [3.05, 3.63) is 28.8 Å². The third-order valence-corrected chi connectivity index (χ3v) is 4.89. The average Bonchev–Trinajstić information content (AvgIpc) is 3.01. The van der Waals surface area contributed by atoms with E-state index < -0.39 is 11.9 Å². The summed E-state index contributed by atoms with van der Waals surface area (Å²) in [5.41, 5.74) is 3.09. The Hall–Kier alpha value is -2.08. The number of hydrogen-bond acceptors (Lipinski definition) is 5. The lowest BCUT2D eigenvalue weighted by molar-refractivity contribution is -0.143. The summed E-state index contributed by atoms with van der Waals surface area (Å²) in [5, 5.41) is 24.0. The van der Waals surface area contributed by atoms with Gasteiger partial charge >= 0.3 is 5.97 Å². The molecule has 0 saturated carbocycles. The maximum atomic E-state index is 10.9. The van der Waals surface area contributed by atoms with Gasteiger partial charge < -0.3 is 19.8 Å². The lowest BCUT2D eigenvalue weighted by atomic mass is 9.78. The minimum Gasteiger partial charge on any atom is -0.507 e. The first-order valence-electron chi connectivity index (χ1n) is 9.72. The Morgan fingerprint density at radius 3 is 2.21 bits per heavy atom. The quantitative estimate of drug-likeness (QED) is 0.758. The Bertz CT molecular complexity index is 720. The molecule has 6 nitrogen and oxygen atoms in total. The summed E-state index contributed by atoms with van der Waals surface area (Å²) in [6.07, 6.45) is 0.348. The van der Waals surface area contributed by atoms with Crippen LogP contribution in [-0.2, 0) is 25.2 Å². The maximum Gasteiger partial charge on any atom is 0.308 e. The van der Waals surface area contributed by atoms with Gasteiger partial charge in [-0.3, -0.25) is 4.79 Å². The van der Waals surface area contributed by atoms with Crippen LogP contribution in [0.1, 0.15) is 71.6 Å². The van der Waals surface area contributed by atoms with Crippen LogP contribution in [0.4, 0.5) is 0 Å². The van der Waals surface area contributed by atoms with Crippen molar-refractivity contribution in [2.75, 3.05) is 13.2 Å². The number of hydrogen-bond donors (Lipinski definition) is 2. The van der Waals surface area contributed by atoms with E-state index in [-0.39, 0.29) is 23.5 Å². The summed E-state index contributed by atoms with van der Waals surface area (Å²) in [7, 11) is 0. The number of carboxylic acids is 1. The van der Waals surface area contributed by atoms with Crippen molar-refractivity contribution >= 4 is 11.7 Å². The molecule has 2 N–H and O–H groups in total. The predicted molar refractivity (Wildman–Crippen MR) is 109 cm³/mol. The summed E-state index contributed by atoms with van der Waals surface area (Å²) in [4.78, 5) is 16.4. The molecule has 6 heteroatoms. The molecule has 1 aromatic rings. The second-order valence-corrected chi connectivity index (χ2v) is 9.67. The highest BCUT2D eigenvalue weighted by Gasteiger charge is 2.30. The minimum absolute atomic E-state index is 0.145. The molecule has 28 heavy (non-hydrogen) atoms. The van der Waals surface area contributed by atoms with Crippen LogP contribution in [-0.4, -0.2) is 41.2 Å². The van der Waals surface area contributed by atoms with Gasteiger partial charge in [-0.25, -0.2) is 0 Å². The van der Waals surface area contributed by atoms with Crippen molar-refractivity contribution in [2.24, 2.45) is 11.1 Å². The second kappa shape index (κ2) is 8.11. The van der Waals surface area contributed by atoms with Crippen LogP contribution in [0.2, 0.25) is 0 Å². The van der Waals surface area contributed by atoms with E-state index in [1.807, 2.05) is 12.1 Å². The van der Waals surface area contributed by atoms with Gasteiger partial charge in [0.05, 0.1) is 24.8 Å². The largest absolute Gasteiger partial charge is 0.507 e. The van der Waals surface area contributed by atoms with E-state index >= 15 is 0 Å². The molecule has 0 aromatic heterocycles. The number of phenolic OH excluding ortho intramolecular Hbond substituents is 1. The molecule has 0 aliphatic carbocycles. The molecule has 1 aliphatic heterocycles. The first kappa shape index (κ1) is 22.2. The van der Waals surface area contributed by atoms with Gasteiger partial charge in [0.2, 0.25) is 0 Å². The van der Waals surface area contributed by atoms with Gasteiger partial charge in [0, 0.05) is 23.1 Å². The van der Waals surface area contributed by atoms with Gasteiger partial charge in [0.1, 0.15) is 5.75 Å². The Morgan fingerprint density at radius 1 is 1.21 bits per heavy atom. The standard InChI is InChI=1S/C22H33NO5/c1-13(20(25)26)11-27-12-15-10-18(23-28-15)14-8-16(21(2,3)4)19(24)17(9-14)22(5,6)7/h8-9,13,15,24H,10-12H2,1-7H3,(H,25,26). The molecular formula is C22H33NO5. The van der Waals surface area contributed by atoms with E-state index in [0.29, 0.717) is 18.8 Å². The highest BCUT2D eigenvalue weighted by atomic mass is 16.7. The number of rotatable bonds is 6. The van der Waals surface area contributed by atoms with E-state index in [1.165, 1.54) is 0 Å². The SMILES string of the molecule is CC(COCC1CC(c2cc(C(C)(C)C)c(O)c(C(C)(C)C)c2)=NO1)C(=O)O. The highest BCUT2D eigenvalue weighted by molar-refractivity contribution is 6.02. The Morgan fingerprint density at radius 2 is 1.75 bits per heavy atom. The predicted octanol–water partition coefficient (Wildman–Crippen LogP) is 4.22. The van der Waals surface area contributed by atoms with Crippen molar-refractivity contribution in [2.45, 2.75) is 71.8 Å². The molecule has 0 saturated heterocycles. The molecule has 1 aromatic carbocycles. The molecule has 0 bridgehead atoms. The number of oxime groups is 1. The minimum atomic E-state index is -0.877. The first-order chi connectivity index (χ1) is 12.8. The molecule has 0 spiro atoms. The zero-order valence-corrected chi connectivity index (χ0v) is 18.0. The van der Waals surface area contributed by atoms with Gasteiger partial charge in [-0.1, -0.05) is 46.7 Å². The smallest absolute Gasteiger partial charge is 0.308 e. The summed E-state index contributed by atoms with van der Waals surface area (Å²) >= 11 is 0. The van der Waals surface area contributed by atoms with E-state index in [0.717, 1.165) is 22.4 Å². The van der Waals surface area contributed by atoms with E-state index in [1.54, 1.807) is 6.92 Å². The molecular weight excluding hydrogens is 358 g/mol. The van der Waals surface area contributed by atoms with E-state index in [2.05, 4.69) is 46.7 Å². The third-order valence-electron chi connectivity index (χ3n) is 4.89. The zero-order chi connectivity index (χ0) is 21.3. The molecule has 2 rings (SSSR count). The molecule has 0 radical (unpaired) electrons. The number of benzene rings is 1. The van der Waals surface area contributed by atoms with Gasteiger partial charge in [-0.2, -0.15) is 0 Å². The molecule has 2 atom stereocenters. The van der Waals surface area contributed by atoms with Crippen LogP contribution >= 0.6 is 0 Å². The van der Waals surface area contributed by atoms with E-state index in [4.69, 9.17) is 14.7 Å². The maximum absolute atomic E-state index is 10.9.